The van der Waals surface area contributed by atoms with Crippen LogP contribution in [0.3, 0.4) is 0 Å². The number of rotatable bonds is 2. The zero-order chi connectivity index (χ0) is 10.1. The molecule has 0 spiro atoms. The van der Waals surface area contributed by atoms with Crippen molar-refractivity contribution in [2.45, 2.75) is 5.88 Å². The van der Waals surface area contributed by atoms with Crippen LogP contribution in [0.2, 0.25) is 0 Å². The Labute approximate surface area is 89.1 Å². The lowest BCUT2D eigenvalue weighted by atomic mass is 10.1. The number of fused-ring (bicyclic) bond motifs is 1. The van der Waals surface area contributed by atoms with Crippen molar-refractivity contribution >= 4 is 39.3 Å². The fourth-order valence-electron chi connectivity index (χ4n) is 1.34. The Bertz CT molecular complexity index is 492. The van der Waals surface area contributed by atoms with Gasteiger partial charge in [-0.05, 0) is 18.2 Å². The van der Waals surface area contributed by atoms with Crippen molar-refractivity contribution in [2.75, 3.05) is 0 Å². The molecule has 2 rings (SSSR count). The third-order valence-corrected chi connectivity index (χ3v) is 3.54. The first kappa shape index (κ1) is 9.62. The van der Waals surface area contributed by atoms with Crippen molar-refractivity contribution in [1.82, 2.24) is 0 Å². The Morgan fingerprint density at radius 3 is 2.93 bits per heavy atom. The van der Waals surface area contributed by atoms with E-state index < -0.39 is 5.82 Å². The smallest absolute Gasteiger partial charge is 0.153 e. The molecular weight excluding hydrogens is 223 g/mol. The highest BCUT2D eigenvalue weighted by molar-refractivity contribution is 7.19. The number of thiophene rings is 1. The highest BCUT2D eigenvalue weighted by atomic mass is 35.5. The Morgan fingerprint density at radius 1 is 1.50 bits per heavy atom. The van der Waals surface area contributed by atoms with Gasteiger partial charge in [-0.1, -0.05) is 0 Å². The highest BCUT2D eigenvalue weighted by Gasteiger charge is 2.09. The molecule has 2 aromatic rings. The first-order valence-corrected chi connectivity index (χ1v) is 5.33. The molecule has 1 heterocycles. The minimum atomic E-state index is -0.480. The highest BCUT2D eigenvalue weighted by Crippen LogP contribution is 2.29. The fourth-order valence-corrected chi connectivity index (χ4v) is 2.51. The van der Waals surface area contributed by atoms with Gasteiger partial charge in [-0.15, -0.1) is 22.9 Å². The second kappa shape index (κ2) is 3.67. The predicted molar refractivity (Wildman–Crippen MR) is 56.7 cm³/mol. The number of aldehydes is 1. The standard InChI is InChI=1S/C10H6ClFOS/c11-4-6-3-7-8(5-13)9(12)1-2-10(7)14-6/h1-3,5H,4H2. The van der Waals surface area contributed by atoms with Crippen molar-refractivity contribution in [3.05, 3.63) is 34.5 Å². The molecule has 0 amide bonds. The maximum atomic E-state index is 13.2. The molecule has 0 saturated heterocycles. The molecule has 0 aliphatic heterocycles. The van der Waals surface area contributed by atoms with Gasteiger partial charge in [0.05, 0.1) is 11.4 Å². The summed E-state index contributed by atoms with van der Waals surface area (Å²) in [6.45, 7) is 0. The van der Waals surface area contributed by atoms with Crippen LogP contribution in [0.5, 0.6) is 0 Å². The molecule has 1 aromatic heterocycles. The third-order valence-electron chi connectivity index (χ3n) is 1.99. The SMILES string of the molecule is O=Cc1c(F)ccc2sc(CCl)cc12. The molecule has 1 aromatic carbocycles. The van der Waals surface area contributed by atoms with Crippen LogP contribution in [0.15, 0.2) is 18.2 Å². The molecule has 0 atom stereocenters. The van der Waals surface area contributed by atoms with Crippen LogP contribution in [0, 0.1) is 5.82 Å². The minimum absolute atomic E-state index is 0.120. The van der Waals surface area contributed by atoms with Crippen molar-refractivity contribution < 1.29 is 9.18 Å². The molecule has 0 N–H and O–H groups in total. The third kappa shape index (κ3) is 1.42. The van der Waals surface area contributed by atoms with E-state index in [0.717, 1.165) is 9.58 Å². The largest absolute Gasteiger partial charge is 0.298 e. The number of halogens is 2. The van der Waals surface area contributed by atoms with E-state index in [4.69, 9.17) is 11.6 Å². The van der Waals surface area contributed by atoms with Gasteiger partial charge < -0.3 is 0 Å². The fraction of sp³-hybridized carbons (Fsp3) is 0.100. The van der Waals surface area contributed by atoms with Crippen LogP contribution in [0.1, 0.15) is 15.2 Å². The summed E-state index contributed by atoms with van der Waals surface area (Å²) in [5, 5.41) is 0.653. The van der Waals surface area contributed by atoms with Crippen molar-refractivity contribution in [2.24, 2.45) is 0 Å². The first-order valence-electron chi connectivity index (χ1n) is 3.98. The zero-order valence-electron chi connectivity index (χ0n) is 7.09. The summed E-state index contributed by atoms with van der Waals surface area (Å²) < 4.78 is 14.1. The van der Waals surface area contributed by atoms with Gasteiger partial charge >= 0.3 is 0 Å². The van der Waals surface area contributed by atoms with E-state index in [9.17, 15) is 9.18 Å². The second-order valence-corrected chi connectivity index (χ2v) is 4.27. The number of carbonyl (C=O) groups excluding carboxylic acids is 1. The Morgan fingerprint density at radius 2 is 2.29 bits per heavy atom. The van der Waals surface area contributed by atoms with Gasteiger partial charge in [-0.2, -0.15) is 0 Å². The van der Waals surface area contributed by atoms with Gasteiger partial charge in [0.25, 0.3) is 0 Å². The summed E-state index contributed by atoms with van der Waals surface area (Å²) in [7, 11) is 0. The summed E-state index contributed by atoms with van der Waals surface area (Å²) in [4.78, 5) is 11.6. The summed E-state index contributed by atoms with van der Waals surface area (Å²) >= 11 is 7.14. The monoisotopic (exact) mass is 228 g/mol. The van der Waals surface area contributed by atoms with Crippen LogP contribution >= 0.6 is 22.9 Å². The molecule has 1 nitrogen and oxygen atoms in total. The molecule has 0 bridgehead atoms. The van der Waals surface area contributed by atoms with E-state index in [1.54, 1.807) is 12.1 Å². The van der Waals surface area contributed by atoms with E-state index in [2.05, 4.69) is 0 Å². The molecule has 0 unspecified atom stereocenters. The van der Waals surface area contributed by atoms with Crippen molar-refractivity contribution in [1.29, 1.82) is 0 Å². The number of alkyl halides is 1. The molecular formula is C10H6ClFOS. The number of carbonyl (C=O) groups is 1. The first-order chi connectivity index (χ1) is 6.76. The van der Waals surface area contributed by atoms with E-state index in [-0.39, 0.29) is 5.56 Å². The van der Waals surface area contributed by atoms with Crippen LogP contribution in [0.4, 0.5) is 4.39 Å². The van der Waals surface area contributed by atoms with Gasteiger partial charge in [-0.3, -0.25) is 4.79 Å². The molecule has 0 saturated carbocycles. The maximum absolute atomic E-state index is 13.2. The van der Waals surface area contributed by atoms with Crippen molar-refractivity contribution in [3.63, 3.8) is 0 Å². The van der Waals surface area contributed by atoms with E-state index in [0.29, 0.717) is 17.6 Å². The van der Waals surface area contributed by atoms with E-state index >= 15 is 0 Å². The van der Waals surface area contributed by atoms with Gasteiger partial charge in [0, 0.05) is 15.0 Å². The number of hydrogen-bond acceptors (Lipinski definition) is 2. The molecule has 0 aliphatic carbocycles. The summed E-state index contributed by atoms with van der Waals surface area (Å²) in [5.41, 5.74) is 0.120. The van der Waals surface area contributed by atoms with E-state index in [1.807, 2.05) is 0 Å². The number of benzene rings is 1. The van der Waals surface area contributed by atoms with Crippen LogP contribution < -0.4 is 0 Å². The van der Waals surface area contributed by atoms with E-state index in [1.165, 1.54) is 17.4 Å². The molecule has 72 valence electrons. The lowest BCUT2D eigenvalue weighted by Crippen LogP contribution is -1.86. The molecule has 14 heavy (non-hydrogen) atoms. The van der Waals surface area contributed by atoms with Crippen LogP contribution in [0.25, 0.3) is 10.1 Å². The Kier molecular flexibility index (Phi) is 2.52. The normalized spacial score (nSPS) is 10.7. The quantitative estimate of drug-likeness (QED) is 0.567. The van der Waals surface area contributed by atoms with Gasteiger partial charge in [-0.25, -0.2) is 4.39 Å². The maximum Gasteiger partial charge on any atom is 0.153 e. The minimum Gasteiger partial charge on any atom is -0.298 e. The topological polar surface area (TPSA) is 17.1 Å². The van der Waals surface area contributed by atoms with Gasteiger partial charge in [0.1, 0.15) is 5.82 Å². The Balaban J connectivity index is 2.79. The lowest BCUT2D eigenvalue weighted by Gasteiger charge is -1.95. The average molecular weight is 229 g/mol. The summed E-state index contributed by atoms with van der Waals surface area (Å²) in [5.74, 6) is -0.0920. The molecule has 4 heteroatoms. The average Bonchev–Trinajstić information content (AvgIpc) is 2.60. The zero-order valence-corrected chi connectivity index (χ0v) is 8.66. The second-order valence-electron chi connectivity index (χ2n) is 2.84. The molecule has 0 fully saturated rings. The summed E-state index contributed by atoms with van der Waals surface area (Å²) in [6.07, 6.45) is 0.544. The summed E-state index contributed by atoms with van der Waals surface area (Å²) in [6, 6.07) is 4.73. The Hall–Kier alpha value is -0.930. The van der Waals surface area contributed by atoms with Crippen LogP contribution in [-0.4, -0.2) is 6.29 Å². The number of hydrogen-bond donors (Lipinski definition) is 0. The van der Waals surface area contributed by atoms with Gasteiger partial charge in [0.2, 0.25) is 0 Å². The molecule has 0 aliphatic rings. The predicted octanol–water partition coefficient (Wildman–Crippen LogP) is 3.59. The van der Waals surface area contributed by atoms with Gasteiger partial charge in [0.15, 0.2) is 6.29 Å². The van der Waals surface area contributed by atoms with Crippen LogP contribution in [-0.2, 0) is 5.88 Å². The van der Waals surface area contributed by atoms with Crippen molar-refractivity contribution in [3.8, 4) is 0 Å². The lowest BCUT2D eigenvalue weighted by molar-refractivity contribution is 0.112. The molecule has 0 radical (unpaired) electrons.